The van der Waals surface area contributed by atoms with E-state index in [2.05, 4.69) is 23.5 Å². The van der Waals surface area contributed by atoms with Crippen molar-refractivity contribution in [2.45, 2.75) is 50.6 Å². The minimum absolute atomic E-state index is 0.140. The van der Waals surface area contributed by atoms with E-state index in [0.29, 0.717) is 18.2 Å². The van der Waals surface area contributed by atoms with Crippen LogP contribution in [-0.2, 0) is 10.0 Å². The van der Waals surface area contributed by atoms with Crippen LogP contribution in [0.15, 0.2) is 29.2 Å². The molecule has 1 fully saturated rings. The van der Waals surface area contributed by atoms with Gasteiger partial charge in [0, 0.05) is 24.2 Å². The van der Waals surface area contributed by atoms with Gasteiger partial charge in [-0.1, -0.05) is 12.1 Å². The van der Waals surface area contributed by atoms with Crippen LogP contribution in [0.4, 0.5) is 0 Å². The first-order chi connectivity index (χ1) is 10.3. The highest BCUT2D eigenvalue weighted by atomic mass is 32.2. The lowest BCUT2D eigenvalue weighted by Crippen LogP contribution is -2.43. The highest BCUT2D eigenvalue weighted by Gasteiger charge is 2.28. The fourth-order valence-corrected chi connectivity index (χ4v) is 4.05. The van der Waals surface area contributed by atoms with Gasteiger partial charge in [-0.25, -0.2) is 13.1 Å². The Bertz CT molecular complexity index is 641. The number of ketones is 1. The van der Waals surface area contributed by atoms with Gasteiger partial charge in [0.2, 0.25) is 10.0 Å². The van der Waals surface area contributed by atoms with Crippen LogP contribution >= 0.6 is 0 Å². The Kier molecular flexibility index (Phi) is 5.36. The fourth-order valence-electron chi connectivity index (χ4n) is 2.93. The van der Waals surface area contributed by atoms with Crippen LogP contribution in [0.5, 0.6) is 0 Å². The molecule has 6 heteroatoms. The van der Waals surface area contributed by atoms with Gasteiger partial charge in [0.25, 0.3) is 0 Å². The summed E-state index contributed by atoms with van der Waals surface area (Å²) in [6.45, 7) is 7.11. The van der Waals surface area contributed by atoms with Gasteiger partial charge in [-0.3, -0.25) is 9.69 Å². The Morgan fingerprint density at radius 1 is 1.41 bits per heavy atom. The normalized spacial score (nSPS) is 19.7. The van der Waals surface area contributed by atoms with E-state index in [0.717, 1.165) is 19.4 Å². The molecule has 1 saturated heterocycles. The second kappa shape index (κ2) is 6.89. The summed E-state index contributed by atoms with van der Waals surface area (Å²) < 4.78 is 27.5. The topological polar surface area (TPSA) is 66.5 Å². The average Bonchev–Trinajstić information content (AvgIpc) is 2.94. The third kappa shape index (κ3) is 3.94. The van der Waals surface area contributed by atoms with Crippen LogP contribution in [0.25, 0.3) is 0 Å². The molecule has 0 aliphatic carbocycles. The van der Waals surface area contributed by atoms with Crippen molar-refractivity contribution in [2.75, 3.05) is 13.1 Å². The first kappa shape index (κ1) is 17.1. The summed E-state index contributed by atoms with van der Waals surface area (Å²) in [5.41, 5.74) is 0.410. The van der Waals surface area contributed by atoms with E-state index in [1.807, 2.05) is 0 Å². The molecule has 1 aromatic rings. The minimum atomic E-state index is -3.58. The maximum atomic E-state index is 12.4. The van der Waals surface area contributed by atoms with E-state index in [1.165, 1.54) is 19.1 Å². The molecule has 0 spiro atoms. The van der Waals surface area contributed by atoms with E-state index in [-0.39, 0.29) is 16.7 Å². The molecule has 1 aromatic carbocycles. The fraction of sp³-hybridized carbons (Fsp3) is 0.562. The van der Waals surface area contributed by atoms with Crippen molar-refractivity contribution >= 4 is 15.8 Å². The zero-order valence-corrected chi connectivity index (χ0v) is 14.2. The van der Waals surface area contributed by atoms with Crippen LogP contribution in [0, 0.1) is 0 Å². The Morgan fingerprint density at radius 3 is 2.77 bits per heavy atom. The molecule has 2 rings (SSSR count). The largest absolute Gasteiger partial charge is 0.297 e. The third-order valence-electron chi connectivity index (χ3n) is 4.15. The number of carbonyl (C=O) groups excluding carboxylic acids is 1. The van der Waals surface area contributed by atoms with Gasteiger partial charge >= 0.3 is 0 Å². The summed E-state index contributed by atoms with van der Waals surface area (Å²) in [7, 11) is -3.58. The van der Waals surface area contributed by atoms with E-state index >= 15 is 0 Å². The first-order valence-electron chi connectivity index (χ1n) is 7.67. The van der Waals surface area contributed by atoms with Crippen molar-refractivity contribution < 1.29 is 13.2 Å². The van der Waals surface area contributed by atoms with Crippen LogP contribution < -0.4 is 4.72 Å². The molecule has 0 aromatic heterocycles. The van der Waals surface area contributed by atoms with Crippen LogP contribution in [-0.4, -0.2) is 44.3 Å². The lowest BCUT2D eigenvalue weighted by atomic mass is 10.2. The summed E-state index contributed by atoms with van der Waals surface area (Å²) >= 11 is 0. The summed E-state index contributed by atoms with van der Waals surface area (Å²) in [5, 5.41) is 0. The van der Waals surface area contributed by atoms with Crippen LogP contribution in [0.3, 0.4) is 0 Å². The molecule has 1 N–H and O–H groups in total. The van der Waals surface area contributed by atoms with Crippen LogP contribution in [0.1, 0.15) is 44.0 Å². The van der Waals surface area contributed by atoms with Gasteiger partial charge in [0.15, 0.2) is 5.78 Å². The number of hydrogen-bond donors (Lipinski definition) is 1. The lowest BCUT2D eigenvalue weighted by Gasteiger charge is -2.28. The van der Waals surface area contributed by atoms with Crippen LogP contribution in [0.2, 0.25) is 0 Å². The monoisotopic (exact) mass is 324 g/mol. The molecule has 1 heterocycles. The SMILES string of the molecule is CC(=O)c1cccc(S(=O)(=O)NC[C@@H]2CCCN2C(C)C)c1. The van der Waals surface area contributed by atoms with E-state index in [4.69, 9.17) is 0 Å². The zero-order valence-electron chi connectivity index (χ0n) is 13.4. The molecular weight excluding hydrogens is 300 g/mol. The molecular formula is C16H24N2O3S. The lowest BCUT2D eigenvalue weighted by molar-refractivity contribution is 0.101. The standard InChI is InChI=1S/C16H24N2O3S/c1-12(2)18-9-5-7-15(18)11-17-22(20,21)16-8-4-6-14(10-16)13(3)19/h4,6,8,10,12,15,17H,5,7,9,11H2,1-3H3/t15-/m0/s1. The molecule has 1 atom stereocenters. The Balaban J connectivity index is 2.08. The molecule has 0 amide bonds. The Hall–Kier alpha value is -1.24. The molecule has 0 radical (unpaired) electrons. The van der Waals surface area contributed by atoms with Gasteiger partial charge in [-0.15, -0.1) is 0 Å². The number of rotatable bonds is 6. The molecule has 122 valence electrons. The number of likely N-dealkylation sites (tertiary alicyclic amines) is 1. The van der Waals surface area contributed by atoms with Crippen molar-refractivity contribution in [3.05, 3.63) is 29.8 Å². The van der Waals surface area contributed by atoms with Crippen molar-refractivity contribution in [1.82, 2.24) is 9.62 Å². The second-order valence-electron chi connectivity index (χ2n) is 6.06. The summed E-state index contributed by atoms with van der Waals surface area (Å²) in [4.78, 5) is 13.9. The number of nitrogens with one attached hydrogen (secondary N) is 1. The molecule has 0 saturated carbocycles. The molecule has 1 aliphatic rings. The Labute approximate surface area is 132 Å². The number of Topliss-reactive ketones (excluding diaryl/α,β-unsaturated/α-hetero) is 1. The van der Waals surface area contributed by atoms with Crippen molar-refractivity contribution in [2.24, 2.45) is 0 Å². The van der Waals surface area contributed by atoms with Gasteiger partial charge in [0.05, 0.1) is 4.90 Å². The van der Waals surface area contributed by atoms with Gasteiger partial charge < -0.3 is 0 Å². The predicted octanol–water partition coefficient (Wildman–Crippen LogP) is 2.04. The molecule has 1 aliphatic heterocycles. The van der Waals surface area contributed by atoms with Gasteiger partial charge in [-0.2, -0.15) is 0 Å². The van der Waals surface area contributed by atoms with E-state index in [1.54, 1.807) is 12.1 Å². The van der Waals surface area contributed by atoms with Gasteiger partial charge in [-0.05, 0) is 52.3 Å². The van der Waals surface area contributed by atoms with Gasteiger partial charge in [0.1, 0.15) is 0 Å². The maximum absolute atomic E-state index is 12.4. The summed E-state index contributed by atoms with van der Waals surface area (Å²) in [5.74, 6) is -0.140. The Morgan fingerprint density at radius 2 is 2.14 bits per heavy atom. The minimum Gasteiger partial charge on any atom is -0.297 e. The smallest absolute Gasteiger partial charge is 0.240 e. The highest BCUT2D eigenvalue weighted by Crippen LogP contribution is 2.20. The van der Waals surface area contributed by atoms with Crippen molar-refractivity contribution in [3.8, 4) is 0 Å². The predicted molar refractivity (Wildman–Crippen MR) is 86.5 cm³/mol. The number of carbonyl (C=O) groups is 1. The average molecular weight is 324 g/mol. The summed E-state index contributed by atoms with van der Waals surface area (Å²) in [6, 6.07) is 6.83. The first-order valence-corrected chi connectivity index (χ1v) is 9.16. The van der Waals surface area contributed by atoms with Crippen molar-refractivity contribution in [3.63, 3.8) is 0 Å². The quantitative estimate of drug-likeness (QED) is 0.813. The van der Waals surface area contributed by atoms with E-state index < -0.39 is 10.0 Å². The highest BCUT2D eigenvalue weighted by molar-refractivity contribution is 7.89. The second-order valence-corrected chi connectivity index (χ2v) is 7.83. The van der Waals surface area contributed by atoms with E-state index in [9.17, 15) is 13.2 Å². The number of hydrogen-bond acceptors (Lipinski definition) is 4. The van der Waals surface area contributed by atoms with Crippen molar-refractivity contribution in [1.29, 1.82) is 0 Å². The maximum Gasteiger partial charge on any atom is 0.240 e. The molecule has 0 bridgehead atoms. The molecule has 0 unspecified atom stereocenters. The summed E-state index contributed by atoms with van der Waals surface area (Å²) in [6.07, 6.45) is 2.11. The molecule has 22 heavy (non-hydrogen) atoms. The third-order valence-corrected chi connectivity index (χ3v) is 5.57. The number of sulfonamides is 1. The zero-order chi connectivity index (χ0) is 16.3. The number of nitrogens with zero attached hydrogens (tertiary/aromatic N) is 1. The number of benzene rings is 1. The molecule has 5 nitrogen and oxygen atoms in total.